The van der Waals surface area contributed by atoms with Crippen molar-refractivity contribution in [2.45, 2.75) is 18.9 Å². The molecule has 0 radical (unpaired) electrons. The number of phenolic OH excluding ortho intramolecular Hbond substituents is 1. The van der Waals surface area contributed by atoms with Crippen molar-refractivity contribution in [3.8, 4) is 17.2 Å². The standard InChI is InChI=1S/C24H19BrO6/c1-23-10-13-16(11-6-4-8-14(30-2)17(11)20(26)19(13)25)22(28)24(23,29)18-12(21(23)27)7-5-9-15(18)31-3/h4-9,26,29H,10H2,1-3H3/t23-,24+/m1/s1. The molecule has 0 unspecified atom stereocenters. The molecule has 0 bridgehead atoms. The van der Waals surface area contributed by atoms with Crippen LogP contribution >= 0.6 is 15.9 Å². The fraction of sp³-hybridized carbons (Fsp3) is 0.250. The van der Waals surface area contributed by atoms with E-state index in [0.29, 0.717) is 26.6 Å². The van der Waals surface area contributed by atoms with E-state index in [0.717, 1.165) is 0 Å². The molecule has 2 atom stereocenters. The molecule has 158 valence electrons. The summed E-state index contributed by atoms with van der Waals surface area (Å²) in [4.78, 5) is 27.6. The van der Waals surface area contributed by atoms with E-state index in [9.17, 15) is 19.8 Å². The van der Waals surface area contributed by atoms with Crippen LogP contribution in [0, 0.1) is 5.41 Å². The largest absolute Gasteiger partial charge is 0.506 e. The zero-order valence-corrected chi connectivity index (χ0v) is 18.7. The molecule has 0 amide bonds. The predicted octanol–water partition coefficient (Wildman–Crippen LogP) is 4.15. The minimum Gasteiger partial charge on any atom is -0.506 e. The number of carbonyl (C=O) groups excluding carboxylic acids is 2. The number of benzene rings is 3. The molecule has 31 heavy (non-hydrogen) atoms. The molecule has 0 heterocycles. The van der Waals surface area contributed by atoms with Crippen molar-refractivity contribution in [2.75, 3.05) is 14.2 Å². The normalized spacial score (nSPS) is 24.0. The Morgan fingerprint density at radius 3 is 2.32 bits per heavy atom. The average Bonchev–Trinajstić information content (AvgIpc) is 2.96. The van der Waals surface area contributed by atoms with Crippen LogP contribution in [0.3, 0.4) is 0 Å². The molecule has 0 spiro atoms. The zero-order valence-electron chi connectivity index (χ0n) is 17.1. The first-order chi connectivity index (χ1) is 14.7. The van der Waals surface area contributed by atoms with Gasteiger partial charge in [0.05, 0.1) is 29.5 Å². The molecule has 3 aromatic carbocycles. The van der Waals surface area contributed by atoms with Gasteiger partial charge in [-0.1, -0.05) is 24.3 Å². The van der Waals surface area contributed by atoms with E-state index < -0.39 is 16.8 Å². The van der Waals surface area contributed by atoms with Crippen LogP contribution in [0.5, 0.6) is 17.2 Å². The van der Waals surface area contributed by atoms with Gasteiger partial charge in [0.15, 0.2) is 11.4 Å². The van der Waals surface area contributed by atoms with Gasteiger partial charge in [-0.25, -0.2) is 0 Å². The predicted molar refractivity (Wildman–Crippen MR) is 117 cm³/mol. The number of hydrogen-bond donors (Lipinski definition) is 2. The summed E-state index contributed by atoms with van der Waals surface area (Å²) < 4.78 is 11.1. The van der Waals surface area contributed by atoms with E-state index in [-0.39, 0.29) is 40.4 Å². The van der Waals surface area contributed by atoms with E-state index in [4.69, 9.17) is 9.47 Å². The van der Waals surface area contributed by atoms with Crippen molar-refractivity contribution in [1.82, 2.24) is 0 Å². The Kier molecular flexibility index (Phi) is 4.08. The third kappa shape index (κ3) is 2.15. The summed E-state index contributed by atoms with van der Waals surface area (Å²) in [5, 5.41) is 23.7. The Hall–Kier alpha value is -2.90. The molecule has 2 aliphatic carbocycles. The van der Waals surface area contributed by atoms with Gasteiger partial charge >= 0.3 is 0 Å². The fourth-order valence-corrected chi connectivity index (χ4v) is 5.75. The van der Waals surface area contributed by atoms with Crippen molar-refractivity contribution >= 4 is 38.3 Å². The van der Waals surface area contributed by atoms with Gasteiger partial charge in [0.25, 0.3) is 0 Å². The van der Waals surface area contributed by atoms with Crippen molar-refractivity contribution < 1.29 is 29.3 Å². The smallest absolute Gasteiger partial charge is 0.201 e. The van der Waals surface area contributed by atoms with Crippen LogP contribution in [0.25, 0.3) is 10.8 Å². The number of Topliss-reactive ketones (excluding diaryl/α,β-unsaturated/α-hetero) is 2. The highest BCUT2D eigenvalue weighted by atomic mass is 79.9. The monoisotopic (exact) mass is 482 g/mol. The Morgan fingerprint density at radius 2 is 1.65 bits per heavy atom. The van der Waals surface area contributed by atoms with Crippen LogP contribution in [-0.4, -0.2) is 36.0 Å². The summed E-state index contributed by atoms with van der Waals surface area (Å²) in [6.45, 7) is 1.59. The lowest BCUT2D eigenvalue weighted by molar-refractivity contribution is -0.0364. The van der Waals surface area contributed by atoms with Crippen molar-refractivity contribution in [3.63, 3.8) is 0 Å². The summed E-state index contributed by atoms with van der Waals surface area (Å²) in [6.07, 6.45) is 0.0581. The molecule has 0 aromatic heterocycles. The van der Waals surface area contributed by atoms with Crippen LogP contribution in [0.2, 0.25) is 0 Å². The lowest BCUT2D eigenvalue weighted by Gasteiger charge is -2.43. The second-order valence-electron chi connectivity index (χ2n) is 8.16. The topological polar surface area (TPSA) is 93.1 Å². The van der Waals surface area contributed by atoms with E-state index in [1.54, 1.807) is 43.3 Å². The second kappa shape index (κ2) is 6.31. The summed E-state index contributed by atoms with van der Waals surface area (Å²) in [6, 6.07) is 10.0. The van der Waals surface area contributed by atoms with Gasteiger partial charge < -0.3 is 19.7 Å². The highest BCUT2D eigenvalue weighted by Crippen LogP contribution is 2.61. The molecular formula is C24H19BrO6. The highest BCUT2D eigenvalue weighted by molar-refractivity contribution is 9.10. The lowest BCUT2D eigenvalue weighted by Crippen LogP contribution is -2.54. The number of aromatic hydroxyl groups is 1. The molecule has 7 heteroatoms. The summed E-state index contributed by atoms with van der Waals surface area (Å²) in [5.74, 6) is -0.332. The van der Waals surface area contributed by atoms with Crippen molar-refractivity contribution in [1.29, 1.82) is 0 Å². The van der Waals surface area contributed by atoms with E-state index >= 15 is 0 Å². The SMILES string of the molecule is COc1cccc2c1[C@]1(O)C(=O)c3c(c(Br)c(O)c4c(OC)cccc34)C[C@]1(C)C2=O. The zero-order chi connectivity index (χ0) is 22.3. The first kappa shape index (κ1) is 20.0. The summed E-state index contributed by atoms with van der Waals surface area (Å²) in [5.41, 5.74) is -2.35. The number of rotatable bonds is 2. The number of ether oxygens (including phenoxy) is 2. The number of halogens is 1. The van der Waals surface area contributed by atoms with E-state index in [1.807, 2.05) is 0 Å². The second-order valence-corrected chi connectivity index (χ2v) is 8.95. The van der Waals surface area contributed by atoms with Gasteiger partial charge in [0.1, 0.15) is 17.2 Å². The van der Waals surface area contributed by atoms with E-state index in [2.05, 4.69) is 15.9 Å². The number of ketones is 2. The highest BCUT2D eigenvalue weighted by Gasteiger charge is 2.67. The fourth-order valence-electron chi connectivity index (χ4n) is 5.21. The maximum atomic E-state index is 14.1. The van der Waals surface area contributed by atoms with Crippen LogP contribution in [0.4, 0.5) is 0 Å². The molecule has 2 N–H and O–H groups in total. The maximum absolute atomic E-state index is 14.1. The minimum atomic E-state index is -2.11. The average molecular weight is 483 g/mol. The number of aliphatic hydroxyl groups is 1. The van der Waals surface area contributed by atoms with Gasteiger partial charge in [0.2, 0.25) is 5.78 Å². The summed E-state index contributed by atoms with van der Waals surface area (Å²) >= 11 is 3.42. The molecule has 0 saturated carbocycles. The quantitative estimate of drug-likeness (QED) is 0.569. The van der Waals surface area contributed by atoms with Crippen LogP contribution < -0.4 is 9.47 Å². The molecule has 6 nitrogen and oxygen atoms in total. The molecule has 5 rings (SSSR count). The van der Waals surface area contributed by atoms with Crippen LogP contribution in [-0.2, 0) is 12.0 Å². The summed E-state index contributed by atoms with van der Waals surface area (Å²) in [7, 11) is 2.92. The van der Waals surface area contributed by atoms with Crippen molar-refractivity contribution in [3.05, 3.63) is 63.1 Å². The first-order valence-electron chi connectivity index (χ1n) is 9.71. The van der Waals surface area contributed by atoms with Crippen molar-refractivity contribution in [2.24, 2.45) is 5.41 Å². The third-order valence-electron chi connectivity index (χ3n) is 6.77. The van der Waals surface area contributed by atoms with Crippen LogP contribution in [0.15, 0.2) is 40.9 Å². The minimum absolute atomic E-state index is 0.0581. The number of phenols is 1. The van der Waals surface area contributed by atoms with Gasteiger partial charge in [-0.2, -0.15) is 0 Å². The van der Waals surface area contributed by atoms with Gasteiger partial charge in [-0.15, -0.1) is 0 Å². The Morgan fingerprint density at radius 1 is 1.00 bits per heavy atom. The Labute approximate surface area is 186 Å². The third-order valence-corrected chi connectivity index (χ3v) is 7.62. The Bertz CT molecular complexity index is 1330. The first-order valence-corrected chi connectivity index (χ1v) is 10.5. The number of hydrogen-bond acceptors (Lipinski definition) is 6. The molecule has 3 aromatic rings. The molecule has 0 aliphatic heterocycles. The molecular weight excluding hydrogens is 464 g/mol. The van der Waals surface area contributed by atoms with Crippen LogP contribution in [0.1, 0.15) is 38.8 Å². The van der Waals surface area contributed by atoms with Gasteiger partial charge in [-0.3, -0.25) is 9.59 Å². The number of fused-ring (bicyclic) bond motifs is 6. The molecule has 0 fully saturated rings. The number of methoxy groups -OCH3 is 2. The number of carbonyl (C=O) groups is 2. The molecule has 2 aliphatic rings. The maximum Gasteiger partial charge on any atom is 0.201 e. The van der Waals surface area contributed by atoms with Gasteiger partial charge in [0, 0.05) is 22.1 Å². The lowest BCUT2D eigenvalue weighted by atomic mass is 9.61. The Balaban J connectivity index is 1.93. The molecule has 0 saturated heterocycles. The van der Waals surface area contributed by atoms with Gasteiger partial charge in [-0.05, 0) is 47.0 Å². The van der Waals surface area contributed by atoms with E-state index in [1.165, 1.54) is 14.2 Å².